The van der Waals surface area contributed by atoms with E-state index in [1.807, 2.05) is 6.92 Å². The smallest absolute Gasteiger partial charge is 0.317 e. The molecule has 2 N–H and O–H groups in total. The summed E-state index contributed by atoms with van der Waals surface area (Å²) in [7, 11) is 0. The molecule has 1 aromatic carbocycles. The number of piperidine rings is 1. The average Bonchev–Trinajstić information content (AvgIpc) is 2.53. The molecule has 3 amide bonds. The molecule has 126 valence electrons. The molecule has 0 spiro atoms. The van der Waals surface area contributed by atoms with Gasteiger partial charge in [-0.15, -0.1) is 0 Å². The van der Waals surface area contributed by atoms with Crippen LogP contribution in [0, 0.1) is 5.82 Å². The molecule has 1 heterocycles. The highest BCUT2D eigenvalue weighted by atomic mass is 35.5. The molecule has 1 aliphatic rings. The van der Waals surface area contributed by atoms with E-state index in [4.69, 9.17) is 11.6 Å². The van der Waals surface area contributed by atoms with Crippen molar-refractivity contribution in [2.75, 3.05) is 19.6 Å². The third kappa shape index (κ3) is 4.58. The van der Waals surface area contributed by atoms with Crippen molar-refractivity contribution < 1.29 is 14.0 Å². The lowest BCUT2D eigenvalue weighted by Gasteiger charge is -2.32. The van der Waals surface area contributed by atoms with Gasteiger partial charge in [0.25, 0.3) is 5.91 Å². The number of likely N-dealkylation sites (tertiary alicyclic amines) is 1. The van der Waals surface area contributed by atoms with Crippen LogP contribution < -0.4 is 10.6 Å². The molecule has 5 nitrogen and oxygen atoms in total. The van der Waals surface area contributed by atoms with Gasteiger partial charge in [0.2, 0.25) is 0 Å². The second kappa shape index (κ2) is 8.15. The van der Waals surface area contributed by atoms with Crippen molar-refractivity contribution in [1.29, 1.82) is 0 Å². The van der Waals surface area contributed by atoms with Crippen molar-refractivity contribution in [3.05, 3.63) is 34.6 Å². The van der Waals surface area contributed by atoms with Gasteiger partial charge >= 0.3 is 6.03 Å². The molecule has 0 bridgehead atoms. The average molecular weight is 342 g/mol. The fourth-order valence-electron chi connectivity index (χ4n) is 2.54. The van der Waals surface area contributed by atoms with Crippen LogP contribution in [0.15, 0.2) is 18.2 Å². The summed E-state index contributed by atoms with van der Waals surface area (Å²) >= 11 is 5.89. The van der Waals surface area contributed by atoms with Crippen molar-refractivity contribution in [2.24, 2.45) is 0 Å². The van der Waals surface area contributed by atoms with Crippen LogP contribution in [0.25, 0.3) is 0 Å². The van der Waals surface area contributed by atoms with Crippen LogP contribution >= 0.6 is 11.6 Å². The number of amides is 3. The third-order valence-electron chi connectivity index (χ3n) is 3.83. The number of urea groups is 1. The van der Waals surface area contributed by atoms with Crippen LogP contribution in [-0.4, -0.2) is 42.5 Å². The second-order valence-corrected chi connectivity index (χ2v) is 5.97. The zero-order valence-electron chi connectivity index (χ0n) is 13.1. The van der Waals surface area contributed by atoms with Gasteiger partial charge in [0.05, 0.1) is 10.6 Å². The molecule has 1 aliphatic heterocycles. The van der Waals surface area contributed by atoms with Crippen molar-refractivity contribution in [1.82, 2.24) is 15.5 Å². The molecule has 0 unspecified atom stereocenters. The van der Waals surface area contributed by atoms with Crippen molar-refractivity contribution in [3.63, 3.8) is 0 Å². The minimum atomic E-state index is -0.633. The zero-order chi connectivity index (χ0) is 16.8. The Morgan fingerprint density at radius 1 is 1.35 bits per heavy atom. The van der Waals surface area contributed by atoms with E-state index in [-0.39, 0.29) is 22.7 Å². The van der Waals surface area contributed by atoms with Gasteiger partial charge < -0.3 is 15.5 Å². The van der Waals surface area contributed by atoms with Crippen molar-refractivity contribution in [2.45, 2.75) is 32.2 Å². The summed E-state index contributed by atoms with van der Waals surface area (Å²) in [6.07, 6.45) is 2.16. The Hall–Kier alpha value is -1.82. The molecule has 0 saturated carbocycles. The minimum absolute atomic E-state index is 0.0752. The Bertz CT molecular complexity index is 554. The minimum Gasteiger partial charge on any atom is -0.349 e. The maximum absolute atomic E-state index is 13.7. The second-order valence-electron chi connectivity index (χ2n) is 5.56. The number of rotatable bonds is 4. The fraction of sp³-hybridized carbons (Fsp3) is 0.500. The summed E-state index contributed by atoms with van der Waals surface area (Å²) in [6.45, 7) is 3.77. The lowest BCUT2D eigenvalue weighted by molar-refractivity contribution is 0.0914. The number of hydrogen-bond donors (Lipinski definition) is 2. The maximum atomic E-state index is 13.7. The van der Waals surface area contributed by atoms with E-state index in [0.29, 0.717) is 32.5 Å². The van der Waals surface area contributed by atoms with Gasteiger partial charge in [0.15, 0.2) is 0 Å². The molecule has 1 fully saturated rings. The van der Waals surface area contributed by atoms with Crippen LogP contribution in [-0.2, 0) is 0 Å². The van der Waals surface area contributed by atoms with E-state index in [9.17, 15) is 14.0 Å². The van der Waals surface area contributed by atoms with Gasteiger partial charge in [0, 0.05) is 25.7 Å². The maximum Gasteiger partial charge on any atom is 0.317 e. The molecule has 0 aromatic heterocycles. The number of carbonyl (C=O) groups excluding carboxylic acids is 2. The van der Waals surface area contributed by atoms with Gasteiger partial charge in [-0.3, -0.25) is 4.79 Å². The Morgan fingerprint density at radius 2 is 2.04 bits per heavy atom. The first-order valence-corrected chi connectivity index (χ1v) is 8.18. The first kappa shape index (κ1) is 17.5. The zero-order valence-corrected chi connectivity index (χ0v) is 13.8. The van der Waals surface area contributed by atoms with Crippen LogP contribution in [0.5, 0.6) is 0 Å². The summed E-state index contributed by atoms with van der Waals surface area (Å²) in [5, 5.41) is 5.72. The van der Waals surface area contributed by atoms with E-state index < -0.39 is 11.7 Å². The molecule has 7 heteroatoms. The number of halogens is 2. The highest BCUT2D eigenvalue weighted by Crippen LogP contribution is 2.20. The van der Waals surface area contributed by atoms with Crippen LogP contribution in [0.4, 0.5) is 9.18 Å². The van der Waals surface area contributed by atoms with Crippen molar-refractivity contribution >= 4 is 23.5 Å². The standard InChI is InChI=1S/C16H21ClFN3O2/c1-2-8-19-16(23)21-9-6-11(7-10-21)20-15(22)14-12(17)4-3-5-13(14)18/h3-5,11H,2,6-10H2,1H3,(H,19,23)(H,20,22). The van der Waals surface area contributed by atoms with Gasteiger partial charge in [-0.25, -0.2) is 9.18 Å². The molecular weight excluding hydrogens is 321 g/mol. The molecule has 1 aromatic rings. The Morgan fingerprint density at radius 3 is 2.65 bits per heavy atom. The number of nitrogens with zero attached hydrogens (tertiary/aromatic N) is 1. The summed E-state index contributed by atoms with van der Waals surface area (Å²) in [5.74, 6) is -1.15. The lowest BCUT2D eigenvalue weighted by atomic mass is 10.0. The van der Waals surface area contributed by atoms with E-state index in [1.54, 1.807) is 4.90 Å². The Kier molecular flexibility index (Phi) is 6.21. The number of carbonyl (C=O) groups is 2. The van der Waals surface area contributed by atoms with E-state index >= 15 is 0 Å². The van der Waals surface area contributed by atoms with Gasteiger partial charge in [-0.05, 0) is 31.4 Å². The lowest BCUT2D eigenvalue weighted by Crippen LogP contribution is -2.49. The van der Waals surface area contributed by atoms with Crippen molar-refractivity contribution in [3.8, 4) is 0 Å². The summed E-state index contributed by atoms with van der Waals surface area (Å²) in [6, 6.07) is 3.99. The summed E-state index contributed by atoms with van der Waals surface area (Å²) < 4.78 is 13.7. The highest BCUT2D eigenvalue weighted by Gasteiger charge is 2.25. The van der Waals surface area contributed by atoms with Gasteiger partial charge in [-0.1, -0.05) is 24.6 Å². The topological polar surface area (TPSA) is 61.4 Å². The molecule has 0 aliphatic carbocycles. The first-order chi connectivity index (χ1) is 11.0. The Labute approximate surface area is 140 Å². The first-order valence-electron chi connectivity index (χ1n) is 7.80. The molecule has 23 heavy (non-hydrogen) atoms. The predicted molar refractivity (Wildman–Crippen MR) is 87.2 cm³/mol. The SMILES string of the molecule is CCCNC(=O)N1CCC(NC(=O)c2c(F)cccc2Cl)CC1. The van der Waals surface area contributed by atoms with Gasteiger partial charge in [-0.2, -0.15) is 0 Å². The molecule has 1 saturated heterocycles. The summed E-state index contributed by atoms with van der Waals surface area (Å²) in [4.78, 5) is 25.8. The van der Waals surface area contributed by atoms with Gasteiger partial charge in [0.1, 0.15) is 5.82 Å². The monoisotopic (exact) mass is 341 g/mol. The largest absolute Gasteiger partial charge is 0.349 e. The fourth-order valence-corrected chi connectivity index (χ4v) is 2.79. The quantitative estimate of drug-likeness (QED) is 0.884. The number of benzene rings is 1. The normalized spacial score (nSPS) is 15.3. The molecule has 2 rings (SSSR count). The van der Waals surface area contributed by atoms with E-state index in [2.05, 4.69) is 10.6 Å². The van der Waals surface area contributed by atoms with Crippen LogP contribution in [0.2, 0.25) is 5.02 Å². The third-order valence-corrected chi connectivity index (χ3v) is 4.15. The molecular formula is C16H21ClFN3O2. The Balaban J connectivity index is 1.87. The molecule has 0 radical (unpaired) electrons. The highest BCUT2D eigenvalue weighted by molar-refractivity contribution is 6.33. The van der Waals surface area contributed by atoms with Crippen LogP contribution in [0.3, 0.4) is 0 Å². The van der Waals surface area contributed by atoms with Crippen LogP contribution in [0.1, 0.15) is 36.5 Å². The van der Waals surface area contributed by atoms with E-state index in [0.717, 1.165) is 6.42 Å². The molecule has 0 atom stereocenters. The summed E-state index contributed by atoms with van der Waals surface area (Å²) in [5.41, 5.74) is -0.128. The van der Waals surface area contributed by atoms with E-state index in [1.165, 1.54) is 18.2 Å². The number of hydrogen-bond acceptors (Lipinski definition) is 2. The number of nitrogens with one attached hydrogen (secondary N) is 2. The predicted octanol–water partition coefficient (Wildman–Crippen LogP) is 2.79.